The summed E-state index contributed by atoms with van der Waals surface area (Å²) in [7, 11) is 0. The van der Waals surface area contributed by atoms with Crippen molar-refractivity contribution in [1.29, 1.82) is 0 Å². The van der Waals surface area contributed by atoms with E-state index in [2.05, 4.69) is 10.3 Å². The van der Waals surface area contributed by atoms with E-state index in [1.807, 2.05) is 6.92 Å². The Morgan fingerprint density at radius 3 is 2.67 bits per heavy atom. The van der Waals surface area contributed by atoms with E-state index >= 15 is 0 Å². The van der Waals surface area contributed by atoms with Gasteiger partial charge in [-0.25, -0.2) is 13.8 Å². The number of nitrogens with two attached hydrogens (primary N) is 1. The van der Waals surface area contributed by atoms with Crippen LogP contribution in [0, 0.1) is 18.6 Å². The molecule has 3 rings (SSSR count). The van der Waals surface area contributed by atoms with Gasteiger partial charge in [0.1, 0.15) is 23.9 Å². The minimum atomic E-state index is -0.691. The number of benzene rings is 1. The molecular formula is C21H24F2N4O3. The number of halogens is 2. The molecule has 30 heavy (non-hydrogen) atoms. The summed E-state index contributed by atoms with van der Waals surface area (Å²) in [6.07, 6.45) is 1.67. The second-order valence-corrected chi connectivity index (χ2v) is 6.67. The molecule has 160 valence electrons. The number of nitrogens with zero attached hydrogens (tertiary/aromatic N) is 2. The van der Waals surface area contributed by atoms with Crippen LogP contribution in [-0.4, -0.2) is 41.1 Å². The van der Waals surface area contributed by atoms with Gasteiger partial charge in [-0.05, 0) is 38.1 Å². The van der Waals surface area contributed by atoms with Crippen molar-refractivity contribution in [1.82, 2.24) is 14.7 Å². The molecule has 9 heteroatoms. The van der Waals surface area contributed by atoms with Crippen molar-refractivity contribution in [2.45, 2.75) is 26.5 Å². The molecular weight excluding hydrogens is 394 g/mol. The normalized spacial score (nSPS) is 12.2. The number of nitrogens with one attached hydrogen (secondary N) is 1. The Morgan fingerprint density at radius 2 is 2.00 bits per heavy atom. The molecule has 0 aliphatic carbocycles. The summed E-state index contributed by atoms with van der Waals surface area (Å²) in [5.74, 6) is -1.44. The summed E-state index contributed by atoms with van der Waals surface area (Å²) in [6.45, 7) is 4.29. The molecule has 0 aliphatic rings. The average Bonchev–Trinajstić information content (AvgIpc) is 3.07. The van der Waals surface area contributed by atoms with E-state index in [9.17, 15) is 13.6 Å². The lowest BCUT2D eigenvalue weighted by Gasteiger charge is -2.16. The van der Waals surface area contributed by atoms with Crippen LogP contribution >= 0.6 is 0 Å². The minimum Gasteiger partial charge on any atom is -0.485 e. The topological polar surface area (TPSA) is 90.9 Å². The number of hydrogen-bond donors (Lipinski definition) is 2. The number of carbonyl (C=O) groups is 1. The number of rotatable bonds is 9. The van der Waals surface area contributed by atoms with Gasteiger partial charge in [0.25, 0.3) is 5.91 Å². The van der Waals surface area contributed by atoms with E-state index in [0.717, 1.165) is 0 Å². The van der Waals surface area contributed by atoms with E-state index in [1.54, 1.807) is 29.7 Å². The van der Waals surface area contributed by atoms with Crippen molar-refractivity contribution < 1.29 is 23.0 Å². The number of carbonyl (C=O) groups excluding carboxylic acids is 1. The molecule has 7 nitrogen and oxygen atoms in total. The fraction of sp³-hybridized carbons (Fsp3) is 0.333. The maximum Gasteiger partial charge on any atom is 0.270 e. The molecule has 0 spiro atoms. The summed E-state index contributed by atoms with van der Waals surface area (Å²) in [5, 5.41) is 2.84. The number of amides is 1. The van der Waals surface area contributed by atoms with E-state index in [1.165, 1.54) is 18.2 Å². The summed E-state index contributed by atoms with van der Waals surface area (Å²) in [4.78, 5) is 17.2. The Bertz CT molecular complexity index is 1020. The number of aromatic nitrogens is 2. The first kappa shape index (κ1) is 21.7. The van der Waals surface area contributed by atoms with Gasteiger partial charge in [0.05, 0.1) is 23.9 Å². The van der Waals surface area contributed by atoms with Crippen molar-refractivity contribution in [3.63, 3.8) is 0 Å². The Kier molecular flexibility index (Phi) is 6.96. The van der Waals surface area contributed by atoms with Crippen LogP contribution in [0.4, 0.5) is 8.78 Å². The lowest BCUT2D eigenvalue weighted by molar-refractivity contribution is 0.0858. The summed E-state index contributed by atoms with van der Waals surface area (Å²) in [6, 6.07) is 6.57. The fourth-order valence-electron chi connectivity index (χ4n) is 3.04. The van der Waals surface area contributed by atoms with Gasteiger partial charge in [-0.15, -0.1) is 0 Å². The second kappa shape index (κ2) is 9.64. The third kappa shape index (κ3) is 4.58. The molecule has 3 N–H and O–H groups in total. The number of pyridine rings is 1. The van der Waals surface area contributed by atoms with Crippen LogP contribution in [0.1, 0.15) is 28.7 Å². The van der Waals surface area contributed by atoms with Crippen molar-refractivity contribution in [2.75, 3.05) is 19.8 Å². The zero-order chi connectivity index (χ0) is 21.7. The lowest BCUT2D eigenvalue weighted by atomic mass is 10.2. The van der Waals surface area contributed by atoms with Gasteiger partial charge in [0.2, 0.25) is 0 Å². The molecule has 2 aromatic heterocycles. The highest BCUT2D eigenvalue weighted by Gasteiger charge is 2.21. The Morgan fingerprint density at radius 1 is 1.27 bits per heavy atom. The largest absolute Gasteiger partial charge is 0.485 e. The molecule has 0 radical (unpaired) electrons. The zero-order valence-electron chi connectivity index (χ0n) is 16.8. The lowest BCUT2D eigenvalue weighted by Crippen LogP contribution is -2.43. The summed E-state index contributed by atoms with van der Waals surface area (Å²) in [5.41, 5.74) is 6.70. The highest BCUT2D eigenvalue weighted by Crippen LogP contribution is 2.24. The molecule has 3 aromatic rings. The average molecular weight is 418 g/mol. The Balaban J connectivity index is 1.85. The molecule has 0 aliphatic heterocycles. The van der Waals surface area contributed by atoms with E-state index in [0.29, 0.717) is 36.0 Å². The maximum atomic E-state index is 13.9. The van der Waals surface area contributed by atoms with Crippen LogP contribution in [0.2, 0.25) is 0 Å². The maximum absolute atomic E-state index is 13.9. The minimum absolute atomic E-state index is 0.178. The molecule has 2 heterocycles. The number of aryl methyl sites for hydroxylation is 1. The first-order valence-electron chi connectivity index (χ1n) is 9.58. The van der Waals surface area contributed by atoms with Gasteiger partial charge < -0.3 is 20.5 Å². The van der Waals surface area contributed by atoms with Crippen LogP contribution in [0.25, 0.3) is 5.65 Å². The first-order chi connectivity index (χ1) is 14.5. The van der Waals surface area contributed by atoms with Crippen molar-refractivity contribution in [3.05, 3.63) is 65.1 Å². The van der Waals surface area contributed by atoms with Gasteiger partial charge >= 0.3 is 0 Å². The standard InChI is InChI=1S/C21H24F2N4O3/c1-3-29-11-14(10-24)26-21(28)19-13(2)25-20-18(8-5-9-27(19)20)30-12-15-16(22)6-4-7-17(15)23/h4-9,14H,3,10-12,24H2,1-2H3,(H,26,28). The van der Waals surface area contributed by atoms with Gasteiger partial charge in [0, 0.05) is 19.3 Å². The van der Waals surface area contributed by atoms with Crippen LogP contribution in [0.3, 0.4) is 0 Å². The molecule has 1 aromatic carbocycles. The van der Waals surface area contributed by atoms with Crippen molar-refractivity contribution in [2.24, 2.45) is 5.73 Å². The quantitative estimate of drug-likeness (QED) is 0.558. The molecule has 0 saturated carbocycles. The second-order valence-electron chi connectivity index (χ2n) is 6.67. The van der Waals surface area contributed by atoms with E-state index < -0.39 is 11.6 Å². The Hall–Kier alpha value is -3.04. The third-order valence-corrected chi connectivity index (χ3v) is 4.58. The monoisotopic (exact) mass is 418 g/mol. The van der Waals surface area contributed by atoms with Crippen molar-refractivity contribution >= 4 is 11.6 Å². The van der Waals surface area contributed by atoms with Gasteiger partial charge in [-0.1, -0.05) is 6.07 Å². The van der Waals surface area contributed by atoms with E-state index in [4.69, 9.17) is 15.2 Å². The smallest absolute Gasteiger partial charge is 0.270 e. The van der Waals surface area contributed by atoms with Gasteiger partial charge in [-0.2, -0.15) is 0 Å². The highest BCUT2D eigenvalue weighted by atomic mass is 19.1. The van der Waals surface area contributed by atoms with E-state index in [-0.39, 0.29) is 30.7 Å². The molecule has 0 bridgehead atoms. The van der Waals surface area contributed by atoms with Crippen LogP contribution in [0.5, 0.6) is 5.75 Å². The Labute approximate surface area is 172 Å². The molecule has 1 atom stereocenters. The molecule has 0 fully saturated rings. The van der Waals surface area contributed by atoms with Crippen LogP contribution in [-0.2, 0) is 11.3 Å². The SMILES string of the molecule is CCOCC(CN)NC(=O)c1c(C)nc2c(OCc3c(F)cccc3F)cccn12. The number of imidazole rings is 1. The van der Waals surface area contributed by atoms with Crippen molar-refractivity contribution in [3.8, 4) is 5.75 Å². The summed E-state index contributed by atoms with van der Waals surface area (Å²) < 4.78 is 40.3. The fourth-order valence-corrected chi connectivity index (χ4v) is 3.04. The molecule has 1 unspecified atom stereocenters. The number of ether oxygens (including phenoxy) is 2. The predicted molar refractivity (Wildman–Crippen MR) is 107 cm³/mol. The third-order valence-electron chi connectivity index (χ3n) is 4.58. The number of hydrogen-bond acceptors (Lipinski definition) is 5. The number of fused-ring (bicyclic) bond motifs is 1. The zero-order valence-corrected chi connectivity index (χ0v) is 16.8. The molecule has 0 saturated heterocycles. The molecule has 1 amide bonds. The first-order valence-corrected chi connectivity index (χ1v) is 9.58. The van der Waals surface area contributed by atoms with Crippen LogP contribution < -0.4 is 15.8 Å². The van der Waals surface area contributed by atoms with Gasteiger partial charge in [0.15, 0.2) is 11.4 Å². The highest BCUT2D eigenvalue weighted by molar-refractivity contribution is 5.95. The van der Waals surface area contributed by atoms with Crippen LogP contribution in [0.15, 0.2) is 36.5 Å². The predicted octanol–water partition coefficient (Wildman–Crippen LogP) is 2.59. The summed E-state index contributed by atoms with van der Waals surface area (Å²) >= 11 is 0. The van der Waals surface area contributed by atoms with Gasteiger partial charge in [-0.3, -0.25) is 9.20 Å².